The third kappa shape index (κ3) is 2.37. The molecule has 0 saturated heterocycles. The molecule has 0 atom stereocenters. The molecule has 0 aliphatic carbocycles. The number of pyridine rings is 1. The monoisotopic (exact) mass is 252 g/mol. The number of hydrogen-bond donors (Lipinski definition) is 2. The lowest BCUT2D eigenvalue weighted by molar-refractivity contribution is 0.0940. The average Bonchev–Trinajstić information content (AvgIpc) is 2.82. The Morgan fingerprint density at radius 1 is 1.65 bits per heavy atom. The smallest absolute Gasteiger partial charge is 0.270 e. The molecular weight excluding hydrogens is 240 g/mol. The van der Waals surface area contributed by atoms with Crippen LogP contribution in [0.5, 0.6) is 5.75 Å². The predicted molar refractivity (Wildman–Crippen MR) is 65.6 cm³/mol. The van der Waals surface area contributed by atoms with Crippen LogP contribution in [-0.2, 0) is 0 Å². The maximum atomic E-state index is 11.7. The number of ether oxygens (including phenoxy) is 1. The SMILES string of the molecule is COc1cc(C(=O)NCCO)nc2ccsc12. The van der Waals surface area contributed by atoms with Gasteiger partial charge in [-0.1, -0.05) is 0 Å². The predicted octanol–water partition coefficient (Wildman–Crippen LogP) is 1.03. The maximum Gasteiger partial charge on any atom is 0.270 e. The summed E-state index contributed by atoms with van der Waals surface area (Å²) < 4.78 is 6.14. The highest BCUT2D eigenvalue weighted by Gasteiger charge is 2.12. The quantitative estimate of drug-likeness (QED) is 0.852. The third-order valence-corrected chi connectivity index (χ3v) is 3.15. The summed E-state index contributed by atoms with van der Waals surface area (Å²) in [5, 5.41) is 13.1. The Labute approximate surface area is 102 Å². The lowest BCUT2D eigenvalue weighted by Gasteiger charge is -2.06. The number of thiophene rings is 1. The van der Waals surface area contributed by atoms with E-state index in [1.165, 1.54) is 11.3 Å². The Hall–Kier alpha value is -1.66. The van der Waals surface area contributed by atoms with E-state index < -0.39 is 0 Å². The Bertz CT molecular complexity index is 538. The van der Waals surface area contributed by atoms with Gasteiger partial charge in [0, 0.05) is 12.6 Å². The average molecular weight is 252 g/mol. The molecule has 2 aromatic heterocycles. The molecule has 0 unspecified atom stereocenters. The molecule has 0 fully saturated rings. The molecule has 0 aliphatic rings. The number of fused-ring (bicyclic) bond motifs is 1. The van der Waals surface area contributed by atoms with Gasteiger partial charge >= 0.3 is 0 Å². The van der Waals surface area contributed by atoms with Crippen molar-refractivity contribution < 1.29 is 14.6 Å². The topological polar surface area (TPSA) is 71.5 Å². The first-order chi connectivity index (χ1) is 8.26. The summed E-state index contributed by atoms with van der Waals surface area (Å²) in [5.74, 6) is 0.324. The third-order valence-electron chi connectivity index (χ3n) is 2.23. The first-order valence-electron chi connectivity index (χ1n) is 5.07. The van der Waals surface area contributed by atoms with E-state index >= 15 is 0 Å². The number of carbonyl (C=O) groups is 1. The summed E-state index contributed by atoms with van der Waals surface area (Å²) in [5.41, 5.74) is 1.03. The standard InChI is InChI=1S/C11H12N2O3S/c1-16-9-6-8(11(15)12-3-4-14)13-7-2-5-17-10(7)9/h2,5-6,14H,3-4H2,1H3,(H,12,15). The van der Waals surface area contributed by atoms with Crippen molar-refractivity contribution in [2.75, 3.05) is 20.3 Å². The first kappa shape index (κ1) is 11.8. The molecule has 0 aliphatic heterocycles. The molecule has 5 nitrogen and oxygen atoms in total. The van der Waals surface area contributed by atoms with Gasteiger partial charge in [-0.3, -0.25) is 4.79 Å². The minimum atomic E-state index is -0.314. The summed E-state index contributed by atoms with van der Waals surface area (Å²) in [6.45, 7) is 0.119. The van der Waals surface area contributed by atoms with Crippen molar-refractivity contribution in [2.24, 2.45) is 0 Å². The van der Waals surface area contributed by atoms with Crippen molar-refractivity contribution in [1.29, 1.82) is 0 Å². The van der Waals surface area contributed by atoms with E-state index in [0.717, 1.165) is 10.2 Å². The van der Waals surface area contributed by atoms with E-state index in [4.69, 9.17) is 9.84 Å². The number of carbonyl (C=O) groups excluding carboxylic acids is 1. The molecule has 2 aromatic rings. The highest BCUT2D eigenvalue weighted by atomic mass is 32.1. The second-order valence-corrected chi connectivity index (χ2v) is 4.24. The number of aliphatic hydroxyl groups excluding tert-OH is 1. The molecule has 0 radical (unpaired) electrons. The van der Waals surface area contributed by atoms with Gasteiger partial charge in [-0.15, -0.1) is 11.3 Å². The molecular formula is C11H12N2O3S. The van der Waals surface area contributed by atoms with Crippen LogP contribution >= 0.6 is 11.3 Å². The van der Waals surface area contributed by atoms with E-state index in [1.807, 2.05) is 11.4 Å². The van der Waals surface area contributed by atoms with Crippen LogP contribution in [0, 0.1) is 0 Å². The van der Waals surface area contributed by atoms with Gasteiger partial charge in [0.2, 0.25) is 0 Å². The summed E-state index contributed by atoms with van der Waals surface area (Å²) in [7, 11) is 1.56. The van der Waals surface area contributed by atoms with Gasteiger partial charge in [0.1, 0.15) is 11.4 Å². The van der Waals surface area contributed by atoms with Crippen molar-refractivity contribution >= 4 is 27.5 Å². The number of nitrogens with one attached hydrogen (secondary N) is 1. The van der Waals surface area contributed by atoms with Crippen LogP contribution in [0.4, 0.5) is 0 Å². The lowest BCUT2D eigenvalue weighted by atomic mass is 10.3. The van der Waals surface area contributed by atoms with Crippen molar-refractivity contribution in [3.05, 3.63) is 23.2 Å². The van der Waals surface area contributed by atoms with Gasteiger partial charge in [0.25, 0.3) is 5.91 Å². The van der Waals surface area contributed by atoms with Gasteiger partial charge in [0.15, 0.2) is 0 Å². The minimum Gasteiger partial charge on any atom is -0.495 e. The zero-order valence-electron chi connectivity index (χ0n) is 9.27. The summed E-state index contributed by atoms with van der Waals surface area (Å²) in [6, 6.07) is 3.44. The number of rotatable bonds is 4. The summed E-state index contributed by atoms with van der Waals surface area (Å²) in [6.07, 6.45) is 0. The maximum absolute atomic E-state index is 11.7. The van der Waals surface area contributed by atoms with Gasteiger partial charge in [-0.25, -0.2) is 4.98 Å². The van der Waals surface area contributed by atoms with Crippen molar-refractivity contribution in [3.63, 3.8) is 0 Å². The molecule has 2 heterocycles. The van der Waals surface area contributed by atoms with E-state index in [1.54, 1.807) is 13.2 Å². The molecule has 0 saturated carbocycles. The zero-order chi connectivity index (χ0) is 12.3. The molecule has 17 heavy (non-hydrogen) atoms. The first-order valence-corrected chi connectivity index (χ1v) is 5.95. The van der Waals surface area contributed by atoms with Crippen LogP contribution in [0.2, 0.25) is 0 Å². The number of methoxy groups -OCH3 is 1. The molecule has 1 amide bonds. The van der Waals surface area contributed by atoms with E-state index in [2.05, 4.69) is 10.3 Å². The number of hydrogen-bond acceptors (Lipinski definition) is 5. The van der Waals surface area contributed by atoms with Gasteiger partial charge in [0.05, 0.1) is 23.9 Å². The highest BCUT2D eigenvalue weighted by molar-refractivity contribution is 7.17. The van der Waals surface area contributed by atoms with Crippen LogP contribution in [-0.4, -0.2) is 36.3 Å². The van der Waals surface area contributed by atoms with Crippen molar-refractivity contribution in [3.8, 4) is 5.75 Å². The molecule has 2 N–H and O–H groups in total. The summed E-state index contributed by atoms with van der Waals surface area (Å²) in [4.78, 5) is 15.9. The Morgan fingerprint density at radius 2 is 2.47 bits per heavy atom. The fraction of sp³-hybridized carbons (Fsp3) is 0.273. The molecule has 0 aromatic carbocycles. The van der Waals surface area contributed by atoms with Crippen LogP contribution < -0.4 is 10.1 Å². The Balaban J connectivity index is 2.37. The number of nitrogens with zero attached hydrogens (tertiary/aromatic N) is 1. The fourth-order valence-corrected chi connectivity index (χ4v) is 2.28. The second kappa shape index (κ2) is 5.11. The van der Waals surface area contributed by atoms with Crippen molar-refractivity contribution in [1.82, 2.24) is 10.3 Å². The van der Waals surface area contributed by atoms with Crippen LogP contribution in [0.15, 0.2) is 17.5 Å². The number of aliphatic hydroxyl groups is 1. The largest absolute Gasteiger partial charge is 0.495 e. The molecule has 0 bridgehead atoms. The number of amides is 1. The highest BCUT2D eigenvalue weighted by Crippen LogP contribution is 2.29. The lowest BCUT2D eigenvalue weighted by Crippen LogP contribution is -2.27. The molecule has 0 spiro atoms. The van der Waals surface area contributed by atoms with Gasteiger partial charge < -0.3 is 15.2 Å². The molecule has 90 valence electrons. The van der Waals surface area contributed by atoms with E-state index in [9.17, 15) is 4.79 Å². The van der Waals surface area contributed by atoms with E-state index in [-0.39, 0.29) is 19.1 Å². The number of aromatic nitrogens is 1. The zero-order valence-corrected chi connectivity index (χ0v) is 10.1. The normalized spacial score (nSPS) is 10.5. The Kier molecular flexibility index (Phi) is 3.55. The van der Waals surface area contributed by atoms with E-state index in [0.29, 0.717) is 11.4 Å². The second-order valence-electron chi connectivity index (χ2n) is 3.32. The van der Waals surface area contributed by atoms with Crippen LogP contribution in [0.3, 0.4) is 0 Å². The molecule has 2 rings (SSSR count). The summed E-state index contributed by atoms with van der Waals surface area (Å²) >= 11 is 1.52. The van der Waals surface area contributed by atoms with Gasteiger partial charge in [-0.2, -0.15) is 0 Å². The minimum absolute atomic E-state index is 0.0937. The fourth-order valence-electron chi connectivity index (χ4n) is 1.45. The van der Waals surface area contributed by atoms with Crippen LogP contribution in [0.25, 0.3) is 10.2 Å². The van der Waals surface area contributed by atoms with Crippen molar-refractivity contribution in [2.45, 2.75) is 0 Å². The van der Waals surface area contributed by atoms with Gasteiger partial charge in [-0.05, 0) is 11.4 Å². The Morgan fingerprint density at radius 3 is 3.18 bits per heavy atom. The van der Waals surface area contributed by atoms with Crippen LogP contribution in [0.1, 0.15) is 10.5 Å². The molecule has 6 heteroatoms.